The maximum absolute atomic E-state index is 13.4. The van der Waals surface area contributed by atoms with Crippen molar-refractivity contribution < 1.29 is 14.3 Å². The van der Waals surface area contributed by atoms with Crippen LogP contribution < -0.4 is 4.74 Å². The third-order valence-corrected chi connectivity index (χ3v) is 6.86. The number of methoxy groups -OCH3 is 1. The van der Waals surface area contributed by atoms with Gasteiger partial charge >= 0.3 is 0 Å². The number of likely N-dealkylation sites (tertiary alicyclic amines) is 2. The van der Waals surface area contributed by atoms with Crippen LogP contribution in [0.15, 0.2) is 42.7 Å². The van der Waals surface area contributed by atoms with Crippen LogP contribution in [0, 0.1) is 5.92 Å². The fraction of sp³-hybridized carbons (Fsp3) is 0.440. The van der Waals surface area contributed by atoms with E-state index in [0.29, 0.717) is 32.4 Å². The summed E-state index contributed by atoms with van der Waals surface area (Å²) in [5, 5.41) is 0. The van der Waals surface area contributed by atoms with Gasteiger partial charge in [-0.25, -0.2) is 4.98 Å². The SMILES string of the molecule is COc1ccc(CC(=O)N2CCC(C(=O)N3CCCC3c3nc4ccncc4[nH]3)CC2)cc1. The van der Waals surface area contributed by atoms with Crippen LogP contribution in [-0.4, -0.2) is 63.3 Å². The largest absolute Gasteiger partial charge is 0.497 e. The van der Waals surface area contributed by atoms with Gasteiger partial charge in [-0.3, -0.25) is 14.6 Å². The van der Waals surface area contributed by atoms with Gasteiger partial charge in [-0.1, -0.05) is 12.1 Å². The van der Waals surface area contributed by atoms with E-state index in [1.165, 1.54) is 0 Å². The number of carbonyl (C=O) groups excluding carboxylic acids is 2. The minimum atomic E-state index is -0.0401. The molecule has 2 saturated heterocycles. The highest BCUT2D eigenvalue weighted by Crippen LogP contribution is 2.34. The number of carbonyl (C=O) groups is 2. The van der Waals surface area contributed by atoms with Crippen molar-refractivity contribution in [1.82, 2.24) is 24.8 Å². The number of nitrogens with one attached hydrogen (secondary N) is 1. The number of nitrogens with zero attached hydrogens (tertiary/aromatic N) is 4. The Morgan fingerprint density at radius 1 is 1.09 bits per heavy atom. The van der Waals surface area contributed by atoms with Crippen LogP contribution in [0.4, 0.5) is 0 Å². The second kappa shape index (κ2) is 9.21. The van der Waals surface area contributed by atoms with Crippen molar-refractivity contribution in [2.24, 2.45) is 5.92 Å². The van der Waals surface area contributed by atoms with Gasteiger partial charge in [-0.2, -0.15) is 0 Å². The molecule has 2 aliphatic rings. The number of rotatable bonds is 5. The van der Waals surface area contributed by atoms with E-state index in [1.807, 2.05) is 40.1 Å². The van der Waals surface area contributed by atoms with E-state index in [2.05, 4.69) is 9.97 Å². The molecule has 2 amide bonds. The number of fused-ring (bicyclic) bond motifs is 1. The Labute approximate surface area is 193 Å². The Bertz CT molecular complexity index is 1100. The predicted molar refractivity (Wildman–Crippen MR) is 124 cm³/mol. The molecule has 5 rings (SSSR count). The minimum Gasteiger partial charge on any atom is -0.497 e. The second-order valence-electron chi connectivity index (χ2n) is 8.88. The lowest BCUT2D eigenvalue weighted by atomic mass is 9.94. The van der Waals surface area contributed by atoms with E-state index >= 15 is 0 Å². The topological polar surface area (TPSA) is 91.4 Å². The number of ether oxygens (including phenoxy) is 1. The summed E-state index contributed by atoms with van der Waals surface area (Å²) in [5.74, 6) is 1.89. The van der Waals surface area contributed by atoms with Crippen LogP contribution >= 0.6 is 0 Å². The number of hydrogen-bond acceptors (Lipinski definition) is 5. The van der Waals surface area contributed by atoms with Gasteiger partial charge in [0.05, 0.1) is 36.8 Å². The highest BCUT2D eigenvalue weighted by Gasteiger charge is 2.37. The Morgan fingerprint density at radius 3 is 2.61 bits per heavy atom. The minimum absolute atomic E-state index is 0.0142. The standard InChI is InChI=1S/C25H29N5O3/c1-33-19-6-4-17(5-7-19)15-23(31)29-13-9-18(10-14-29)25(32)30-12-2-3-22(30)24-27-20-8-11-26-16-21(20)28-24/h4-8,11,16,18,22H,2-3,9-10,12-15H2,1H3,(H,27,28). The predicted octanol–water partition coefficient (Wildman–Crippen LogP) is 3.11. The smallest absolute Gasteiger partial charge is 0.226 e. The fourth-order valence-electron chi connectivity index (χ4n) is 4.99. The Balaban J connectivity index is 1.18. The number of amides is 2. The van der Waals surface area contributed by atoms with Gasteiger partial charge in [0, 0.05) is 31.7 Å². The number of aromatic amines is 1. The molecule has 1 unspecified atom stereocenters. The molecule has 4 heterocycles. The summed E-state index contributed by atoms with van der Waals surface area (Å²) in [4.78, 5) is 42.2. The van der Waals surface area contributed by atoms with E-state index in [0.717, 1.165) is 47.6 Å². The van der Waals surface area contributed by atoms with Gasteiger partial charge in [0.1, 0.15) is 11.6 Å². The summed E-state index contributed by atoms with van der Waals surface area (Å²) in [6.45, 7) is 2.01. The van der Waals surface area contributed by atoms with E-state index in [-0.39, 0.29) is 23.8 Å². The first-order valence-electron chi connectivity index (χ1n) is 11.6. The second-order valence-corrected chi connectivity index (χ2v) is 8.88. The van der Waals surface area contributed by atoms with E-state index in [1.54, 1.807) is 19.5 Å². The summed E-state index contributed by atoms with van der Waals surface area (Å²) < 4.78 is 5.18. The molecule has 0 spiro atoms. The van der Waals surface area contributed by atoms with Gasteiger partial charge in [-0.15, -0.1) is 0 Å². The average Bonchev–Trinajstić information content (AvgIpc) is 3.51. The molecule has 1 atom stereocenters. The van der Waals surface area contributed by atoms with Crippen molar-refractivity contribution in [3.63, 3.8) is 0 Å². The molecule has 1 N–H and O–H groups in total. The number of pyridine rings is 1. The number of benzene rings is 1. The first-order chi connectivity index (χ1) is 16.1. The number of H-pyrrole nitrogens is 1. The Hall–Kier alpha value is -3.42. The van der Waals surface area contributed by atoms with Crippen molar-refractivity contribution in [2.45, 2.75) is 38.1 Å². The molecule has 172 valence electrons. The molecule has 2 fully saturated rings. The molecule has 0 saturated carbocycles. The molecule has 0 aliphatic carbocycles. The van der Waals surface area contributed by atoms with Gasteiger partial charge in [-0.05, 0) is 49.4 Å². The molecular formula is C25H29N5O3. The third-order valence-electron chi connectivity index (χ3n) is 6.86. The zero-order chi connectivity index (χ0) is 22.8. The van der Waals surface area contributed by atoms with Crippen molar-refractivity contribution in [3.8, 4) is 5.75 Å². The molecule has 33 heavy (non-hydrogen) atoms. The highest BCUT2D eigenvalue weighted by molar-refractivity contribution is 5.82. The molecule has 0 bridgehead atoms. The summed E-state index contributed by atoms with van der Waals surface area (Å²) in [5.41, 5.74) is 2.75. The molecule has 8 heteroatoms. The molecular weight excluding hydrogens is 418 g/mol. The fourth-order valence-corrected chi connectivity index (χ4v) is 4.99. The van der Waals surface area contributed by atoms with Crippen LogP contribution in [0.2, 0.25) is 0 Å². The quantitative estimate of drug-likeness (QED) is 0.649. The molecule has 3 aromatic rings. The maximum atomic E-state index is 13.4. The van der Waals surface area contributed by atoms with Crippen LogP contribution in [0.1, 0.15) is 43.1 Å². The number of imidazole rings is 1. The summed E-state index contributed by atoms with van der Waals surface area (Å²) in [6.07, 6.45) is 7.18. The van der Waals surface area contributed by atoms with Crippen molar-refractivity contribution in [3.05, 3.63) is 54.1 Å². The first-order valence-corrected chi connectivity index (χ1v) is 11.6. The zero-order valence-corrected chi connectivity index (χ0v) is 18.9. The molecule has 8 nitrogen and oxygen atoms in total. The Morgan fingerprint density at radius 2 is 1.88 bits per heavy atom. The van der Waals surface area contributed by atoms with Crippen LogP contribution in [0.3, 0.4) is 0 Å². The van der Waals surface area contributed by atoms with Gasteiger partial charge in [0.2, 0.25) is 11.8 Å². The van der Waals surface area contributed by atoms with E-state index in [9.17, 15) is 9.59 Å². The van der Waals surface area contributed by atoms with Crippen molar-refractivity contribution in [2.75, 3.05) is 26.7 Å². The number of hydrogen-bond donors (Lipinski definition) is 1. The zero-order valence-electron chi connectivity index (χ0n) is 18.9. The van der Waals surface area contributed by atoms with Crippen LogP contribution in [0.5, 0.6) is 5.75 Å². The number of piperidine rings is 1. The van der Waals surface area contributed by atoms with Gasteiger partial charge < -0.3 is 19.5 Å². The molecule has 2 aromatic heterocycles. The normalized spacial score (nSPS) is 19.2. The monoisotopic (exact) mass is 447 g/mol. The van der Waals surface area contributed by atoms with Crippen molar-refractivity contribution >= 4 is 22.8 Å². The molecule has 0 radical (unpaired) electrons. The summed E-state index contributed by atoms with van der Waals surface area (Å²) in [6, 6.07) is 9.47. The van der Waals surface area contributed by atoms with Crippen LogP contribution in [-0.2, 0) is 16.0 Å². The lowest BCUT2D eigenvalue weighted by Crippen LogP contribution is -2.44. The highest BCUT2D eigenvalue weighted by atomic mass is 16.5. The van der Waals surface area contributed by atoms with E-state index in [4.69, 9.17) is 9.72 Å². The Kier molecular flexibility index (Phi) is 5.98. The lowest BCUT2D eigenvalue weighted by molar-refractivity contribution is -0.141. The number of aromatic nitrogens is 3. The summed E-state index contributed by atoms with van der Waals surface area (Å²) in [7, 11) is 1.63. The third kappa shape index (κ3) is 4.42. The van der Waals surface area contributed by atoms with Gasteiger partial charge in [0.15, 0.2) is 0 Å². The van der Waals surface area contributed by atoms with Crippen LogP contribution in [0.25, 0.3) is 11.0 Å². The first kappa shape index (κ1) is 21.4. The average molecular weight is 448 g/mol. The molecule has 1 aromatic carbocycles. The maximum Gasteiger partial charge on any atom is 0.226 e. The molecule has 2 aliphatic heterocycles. The van der Waals surface area contributed by atoms with Gasteiger partial charge in [0.25, 0.3) is 0 Å². The lowest BCUT2D eigenvalue weighted by Gasteiger charge is -2.34. The van der Waals surface area contributed by atoms with Crippen molar-refractivity contribution in [1.29, 1.82) is 0 Å². The van der Waals surface area contributed by atoms with E-state index < -0.39 is 0 Å². The summed E-state index contributed by atoms with van der Waals surface area (Å²) >= 11 is 0.